The van der Waals surface area contributed by atoms with E-state index in [-0.39, 0.29) is 10.6 Å². The fraction of sp³-hybridized carbons (Fsp3) is 0.727. The van der Waals surface area contributed by atoms with Crippen molar-refractivity contribution in [1.82, 2.24) is 14.2 Å². The monoisotopic (exact) mass is 272 g/mol. The molecule has 0 aliphatic rings. The Morgan fingerprint density at radius 1 is 1.33 bits per heavy atom. The van der Waals surface area contributed by atoms with Crippen molar-refractivity contribution in [3.63, 3.8) is 0 Å². The third kappa shape index (κ3) is 3.16. The molecular formula is C11H20N4O2S. The van der Waals surface area contributed by atoms with Gasteiger partial charge in [0, 0.05) is 6.54 Å². The molecule has 0 saturated heterocycles. The van der Waals surface area contributed by atoms with Crippen LogP contribution in [0.15, 0.2) is 14.7 Å². The molecule has 0 unspecified atom stereocenters. The summed E-state index contributed by atoms with van der Waals surface area (Å²) >= 11 is 1.28. The molecule has 1 aromatic rings. The van der Waals surface area contributed by atoms with Gasteiger partial charge < -0.3 is 5.84 Å². The molecule has 0 aliphatic heterocycles. The van der Waals surface area contributed by atoms with Crippen LogP contribution in [-0.4, -0.2) is 20.0 Å². The lowest BCUT2D eigenvalue weighted by Gasteiger charge is -2.23. The zero-order valence-electron chi connectivity index (χ0n) is 11.3. The number of nitrogens with two attached hydrogens (primary N) is 1. The standard InChI is InChI=1S/C11H20N4O2S/c1-5-11(3,4)7-14-8(16)13-9(18-6-2)15(12)10(14)17/h5-7,12H2,1-4H3. The number of hydrogen-bond acceptors (Lipinski definition) is 5. The molecule has 1 rings (SSSR count). The molecule has 1 aromatic heterocycles. The number of hydrogen-bond donors (Lipinski definition) is 1. The molecule has 18 heavy (non-hydrogen) atoms. The number of nitrogen functional groups attached to an aromatic ring is 1. The summed E-state index contributed by atoms with van der Waals surface area (Å²) in [7, 11) is 0. The molecule has 0 bridgehead atoms. The van der Waals surface area contributed by atoms with Crippen molar-refractivity contribution in [2.75, 3.05) is 11.6 Å². The Morgan fingerprint density at radius 2 is 1.94 bits per heavy atom. The van der Waals surface area contributed by atoms with Gasteiger partial charge in [0.05, 0.1) is 0 Å². The molecule has 0 fully saturated rings. The summed E-state index contributed by atoms with van der Waals surface area (Å²) in [5, 5.41) is 0.262. The second-order valence-corrected chi connectivity index (χ2v) is 6.10. The van der Waals surface area contributed by atoms with Gasteiger partial charge in [0.25, 0.3) is 0 Å². The van der Waals surface area contributed by atoms with E-state index in [1.807, 2.05) is 27.7 Å². The van der Waals surface area contributed by atoms with Gasteiger partial charge in [-0.1, -0.05) is 39.5 Å². The van der Waals surface area contributed by atoms with E-state index in [2.05, 4.69) is 4.98 Å². The first-order valence-electron chi connectivity index (χ1n) is 5.94. The molecular weight excluding hydrogens is 252 g/mol. The van der Waals surface area contributed by atoms with Gasteiger partial charge in [-0.15, -0.1) is 0 Å². The zero-order chi connectivity index (χ0) is 13.9. The molecule has 102 valence electrons. The fourth-order valence-electron chi connectivity index (χ4n) is 1.40. The number of rotatable bonds is 5. The van der Waals surface area contributed by atoms with Gasteiger partial charge in [-0.25, -0.2) is 14.2 Å². The molecule has 2 N–H and O–H groups in total. The molecule has 0 spiro atoms. The lowest BCUT2D eigenvalue weighted by molar-refractivity contribution is 0.277. The number of aromatic nitrogens is 3. The Morgan fingerprint density at radius 3 is 2.44 bits per heavy atom. The summed E-state index contributed by atoms with van der Waals surface area (Å²) in [5.41, 5.74) is -1.18. The molecule has 0 radical (unpaired) electrons. The topological polar surface area (TPSA) is 82.9 Å². The predicted molar refractivity (Wildman–Crippen MR) is 73.4 cm³/mol. The fourth-order valence-corrected chi connectivity index (χ4v) is 2.01. The largest absolute Gasteiger partial charge is 0.354 e. The van der Waals surface area contributed by atoms with Crippen molar-refractivity contribution in [2.45, 2.75) is 45.8 Å². The van der Waals surface area contributed by atoms with Crippen LogP contribution < -0.4 is 17.2 Å². The van der Waals surface area contributed by atoms with E-state index in [1.54, 1.807) is 0 Å². The van der Waals surface area contributed by atoms with Crippen LogP contribution in [0, 0.1) is 5.41 Å². The molecule has 7 heteroatoms. The second kappa shape index (κ2) is 5.60. The highest BCUT2D eigenvalue weighted by Gasteiger charge is 2.20. The van der Waals surface area contributed by atoms with Crippen LogP contribution >= 0.6 is 11.8 Å². The Balaban J connectivity index is 3.28. The van der Waals surface area contributed by atoms with Crippen molar-refractivity contribution < 1.29 is 0 Å². The predicted octanol–water partition coefficient (Wildman–Crippen LogP) is 0.667. The van der Waals surface area contributed by atoms with Crippen LogP contribution in [0.25, 0.3) is 0 Å². The quantitative estimate of drug-likeness (QED) is 0.629. The number of nitrogens with zero attached hydrogens (tertiary/aromatic N) is 3. The molecule has 0 saturated carbocycles. The summed E-state index contributed by atoms with van der Waals surface area (Å²) < 4.78 is 2.05. The molecule has 0 aliphatic carbocycles. The third-order valence-electron chi connectivity index (χ3n) is 2.88. The SMILES string of the molecule is CCSc1nc(=O)n(CC(C)(C)CC)c(=O)n1N. The summed E-state index contributed by atoms with van der Waals surface area (Å²) in [6, 6.07) is 0. The van der Waals surface area contributed by atoms with Crippen LogP contribution in [0.5, 0.6) is 0 Å². The van der Waals surface area contributed by atoms with Crippen LogP contribution in [0.4, 0.5) is 0 Å². The van der Waals surface area contributed by atoms with E-state index < -0.39 is 11.4 Å². The van der Waals surface area contributed by atoms with E-state index in [0.29, 0.717) is 12.3 Å². The van der Waals surface area contributed by atoms with E-state index in [4.69, 9.17) is 5.84 Å². The smallest absolute Gasteiger partial charge is 0.333 e. The van der Waals surface area contributed by atoms with E-state index in [9.17, 15) is 9.59 Å². The van der Waals surface area contributed by atoms with Crippen LogP contribution in [0.2, 0.25) is 0 Å². The number of thioether (sulfide) groups is 1. The average molecular weight is 272 g/mol. The highest BCUT2D eigenvalue weighted by Crippen LogP contribution is 2.20. The van der Waals surface area contributed by atoms with Gasteiger partial charge in [0.2, 0.25) is 0 Å². The molecule has 0 amide bonds. The van der Waals surface area contributed by atoms with Crippen molar-refractivity contribution in [3.8, 4) is 0 Å². The minimum Gasteiger partial charge on any atom is -0.333 e. The van der Waals surface area contributed by atoms with Crippen molar-refractivity contribution >= 4 is 11.8 Å². The Bertz CT molecular complexity index is 533. The third-order valence-corrected chi connectivity index (χ3v) is 3.72. The average Bonchev–Trinajstić information content (AvgIpc) is 2.32. The highest BCUT2D eigenvalue weighted by molar-refractivity contribution is 7.99. The first kappa shape index (κ1) is 14.8. The van der Waals surface area contributed by atoms with Gasteiger partial charge in [0.15, 0.2) is 5.16 Å². The summed E-state index contributed by atoms with van der Waals surface area (Å²) in [5.74, 6) is 6.36. The van der Waals surface area contributed by atoms with Crippen molar-refractivity contribution in [2.24, 2.45) is 5.41 Å². The highest BCUT2D eigenvalue weighted by atomic mass is 32.2. The maximum Gasteiger partial charge on any atom is 0.354 e. The summed E-state index contributed by atoms with van der Waals surface area (Å²) in [4.78, 5) is 27.7. The van der Waals surface area contributed by atoms with Gasteiger partial charge in [-0.2, -0.15) is 9.66 Å². The van der Waals surface area contributed by atoms with Gasteiger partial charge in [-0.05, 0) is 17.6 Å². The van der Waals surface area contributed by atoms with E-state index in [1.165, 1.54) is 11.8 Å². The first-order chi connectivity index (χ1) is 8.32. The minimum atomic E-state index is -0.529. The van der Waals surface area contributed by atoms with Gasteiger partial charge in [-0.3, -0.25) is 0 Å². The van der Waals surface area contributed by atoms with E-state index >= 15 is 0 Å². The summed E-state index contributed by atoms with van der Waals surface area (Å²) in [6.07, 6.45) is 0.856. The molecule has 1 heterocycles. The summed E-state index contributed by atoms with van der Waals surface area (Å²) in [6.45, 7) is 8.23. The zero-order valence-corrected chi connectivity index (χ0v) is 12.1. The Hall–Kier alpha value is -1.24. The first-order valence-corrected chi connectivity index (χ1v) is 6.92. The van der Waals surface area contributed by atoms with Crippen LogP contribution in [0.1, 0.15) is 34.1 Å². The Labute approximate surface area is 110 Å². The molecule has 0 atom stereocenters. The second-order valence-electron chi connectivity index (χ2n) is 4.87. The Kier molecular flexibility index (Phi) is 4.61. The minimum absolute atomic E-state index is 0.142. The van der Waals surface area contributed by atoms with Crippen molar-refractivity contribution in [1.29, 1.82) is 0 Å². The van der Waals surface area contributed by atoms with Gasteiger partial charge >= 0.3 is 11.4 Å². The van der Waals surface area contributed by atoms with Crippen molar-refractivity contribution in [3.05, 3.63) is 21.0 Å². The molecule has 6 nitrogen and oxygen atoms in total. The normalized spacial score (nSPS) is 11.8. The van der Waals surface area contributed by atoms with Gasteiger partial charge in [0.1, 0.15) is 0 Å². The lowest BCUT2D eigenvalue weighted by atomic mass is 9.90. The van der Waals surface area contributed by atoms with Crippen LogP contribution in [-0.2, 0) is 6.54 Å². The maximum atomic E-state index is 12.0. The van der Waals surface area contributed by atoms with Crippen LogP contribution in [0.3, 0.4) is 0 Å². The molecule has 0 aromatic carbocycles. The van der Waals surface area contributed by atoms with E-state index in [0.717, 1.165) is 15.7 Å². The lowest BCUT2D eigenvalue weighted by Crippen LogP contribution is -2.47. The maximum absolute atomic E-state index is 12.0.